The Balaban J connectivity index is 1.55. The third-order valence-electron chi connectivity index (χ3n) is 4.64. The summed E-state index contributed by atoms with van der Waals surface area (Å²) in [7, 11) is -3.26. The standard InChI is InChI=1S/C21H20N2O2S/c24-26(25,19-6-2-1-3-7-19)12-10-16-8-9-21-20(13-16)17(15-23-21)14-18-5-4-11-22-18/h1-9,11,13,15,22-23H,10,12,14H2. The Labute approximate surface area is 152 Å². The summed E-state index contributed by atoms with van der Waals surface area (Å²) < 4.78 is 25.0. The molecule has 0 amide bonds. The molecule has 2 aromatic heterocycles. The van der Waals surface area contributed by atoms with Gasteiger partial charge >= 0.3 is 0 Å². The lowest BCUT2D eigenvalue weighted by Crippen LogP contribution is -2.09. The van der Waals surface area contributed by atoms with Crippen LogP contribution in [0.25, 0.3) is 10.9 Å². The van der Waals surface area contributed by atoms with Gasteiger partial charge in [0.1, 0.15) is 0 Å². The molecule has 0 radical (unpaired) electrons. The molecule has 0 aliphatic carbocycles. The monoisotopic (exact) mass is 364 g/mol. The second kappa shape index (κ2) is 6.84. The fraction of sp³-hybridized carbons (Fsp3) is 0.143. The van der Waals surface area contributed by atoms with E-state index in [1.54, 1.807) is 24.3 Å². The van der Waals surface area contributed by atoms with E-state index < -0.39 is 9.84 Å². The molecule has 2 heterocycles. The molecule has 0 atom stereocenters. The van der Waals surface area contributed by atoms with Crippen LogP contribution in [0.1, 0.15) is 16.8 Å². The highest BCUT2D eigenvalue weighted by molar-refractivity contribution is 7.91. The zero-order valence-electron chi connectivity index (χ0n) is 14.3. The minimum absolute atomic E-state index is 0.110. The van der Waals surface area contributed by atoms with E-state index in [2.05, 4.69) is 22.1 Å². The van der Waals surface area contributed by atoms with Crippen LogP contribution in [0.3, 0.4) is 0 Å². The molecule has 0 bridgehead atoms. The quantitative estimate of drug-likeness (QED) is 0.541. The third-order valence-corrected chi connectivity index (χ3v) is 6.37. The summed E-state index contributed by atoms with van der Waals surface area (Å²) in [5.74, 6) is 0.110. The summed E-state index contributed by atoms with van der Waals surface area (Å²) in [6.07, 6.45) is 5.26. The molecule has 4 aromatic rings. The molecular formula is C21H20N2O2S. The van der Waals surface area contributed by atoms with Crippen molar-refractivity contribution in [3.8, 4) is 0 Å². The zero-order chi connectivity index (χ0) is 18.0. The predicted molar refractivity (Wildman–Crippen MR) is 104 cm³/mol. The lowest BCUT2D eigenvalue weighted by atomic mass is 10.0. The van der Waals surface area contributed by atoms with Gasteiger partial charge in [0, 0.05) is 35.4 Å². The van der Waals surface area contributed by atoms with Gasteiger partial charge in [0.2, 0.25) is 0 Å². The molecule has 5 heteroatoms. The molecule has 0 aliphatic rings. The molecule has 0 unspecified atom stereocenters. The van der Waals surface area contributed by atoms with Crippen LogP contribution < -0.4 is 0 Å². The SMILES string of the molecule is O=S(=O)(CCc1ccc2[nH]cc(Cc3ccc[nH]3)c2c1)c1ccccc1. The minimum atomic E-state index is -3.26. The largest absolute Gasteiger partial charge is 0.365 e. The number of nitrogens with one attached hydrogen (secondary N) is 2. The van der Waals surface area contributed by atoms with Gasteiger partial charge in [-0.25, -0.2) is 8.42 Å². The highest BCUT2D eigenvalue weighted by Crippen LogP contribution is 2.23. The number of aromatic nitrogens is 2. The Morgan fingerprint density at radius 3 is 2.50 bits per heavy atom. The minimum Gasteiger partial charge on any atom is -0.365 e. The van der Waals surface area contributed by atoms with Crippen LogP contribution in [0, 0.1) is 0 Å². The summed E-state index contributed by atoms with van der Waals surface area (Å²) in [4.78, 5) is 6.90. The van der Waals surface area contributed by atoms with E-state index in [1.165, 1.54) is 5.56 Å². The van der Waals surface area contributed by atoms with E-state index in [0.29, 0.717) is 11.3 Å². The summed E-state index contributed by atoms with van der Waals surface area (Å²) in [5.41, 5.74) is 4.46. The molecule has 4 nitrogen and oxygen atoms in total. The topological polar surface area (TPSA) is 65.7 Å². The first-order valence-corrected chi connectivity index (χ1v) is 10.3. The van der Waals surface area contributed by atoms with Crippen LogP contribution in [0.5, 0.6) is 0 Å². The maximum atomic E-state index is 12.5. The molecule has 0 saturated heterocycles. The van der Waals surface area contributed by atoms with Crippen molar-refractivity contribution in [1.29, 1.82) is 0 Å². The molecule has 0 fully saturated rings. The van der Waals surface area contributed by atoms with Crippen LogP contribution in [0.15, 0.2) is 78.0 Å². The number of hydrogen-bond acceptors (Lipinski definition) is 2. The summed E-state index contributed by atoms with van der Waals surface area (Å²) in [6.45, 7) is 0. The number of aromatic amines is 2. The van der Waals surface area contributed by atoms with Crippen molar-refractivity contribution < 1.29 is 8.42 Å². The maximum Gasteiger partial charge on any atom is 0.178 e. The lowest BCUT2D eigenvalue weighted by molar-refractivity contribution is 0.595. The number of hydrogen-bond donors (Lipinski definition) is 2. The Kier molecular flexibility index (Phi) is 4.39. The Morgan fingerprint density at radius 2 is 1.73 bits per heavy atom. The van der Waals surface area contributed by atoms with Crippen LogP contribution in [-0.2, 0) is 22.7 Å². The molecule has 2 aromatic carbocycles. The van der Waals surface area contributed by atoms with Gasteiger partial charge in [-0.05, 0) is 53.9 Å². The van der Waals surface area contributed by atoms with E-state index in [0.717, 1.165) is 28.6 Å². The molecule has 0 aliphatic heterocycles. The lowest BCUT2D eigenvalue weighted by Gasteiger charge is -2.06. The first-order chi connectivity index (χ1) is 12.6. The van der Waals surface area contributed by atoms with Gasteiger partial charge in [-0.3, -0.25) is 0 Å². The number of fused-ring (bicyclic) bond motifs is 1. The number of benzene rings is 2. The highest BCUT2D eigenvalue weighted by atomic mass is 32.2. The number of H-pyrrole nitrogens is 2. The van der Waals surface area contributed by atoms with Crippen LogP contribution in [0.2, 0.25) is 0 Å². The zero-order valence-corrected chi connectivity index (χ0v) is 15.1. The highest BCUT2D eigenvalue weighted by Gasteiger charge is 2.14. The van der Waals surface area contributed by atoms with Crippen LogP contribution in [-0.4, -0.2) is 24.1 Å². The van der Waals surface area contributed by atoms with Crippen molar-refractivity contribution in [3.63, 3.8) is 0 Å². The third kappa shape index (κ3) is 3.44. The van der Waals surface area contributed by atoms with Gasteiger partial charge in [0.25, 0.3) is 0 Å². The molecule has 132 valence electrons. The summed E-state index contributed by atoms with van der Waals surface area (Å²) in [6, 6.07) is 18.8. The van der Waals surface area contributed by atoms with E-state index >= 15 is 0 Å². The van der Waals surface area contributed by atoms with Crippen molar-refractivity contribution in [2.75, 3.05) is 5.75 Å². The average molecular weight is 364 g/mol. The van der Waals surface area contributed by atoms with Gasteiger partial charge in [0.15, 0.2) is 9.84 Å². The first kappa shape index (κ1) is 16.7. The molecule has 0 saturated carbocycles. The predicted octanol–water partition coefficient (Wildman–Crippen LogP) is 4.10. The molecule has 4 rings (SSSR count). The van der Waals surface area contributed by atoms with Gasteiger partial charge in [-0.2, -0.15) is 0 Å². The molecule has 26 heavy (non-hydrogen) atoms. The van der Waals surface area contributed by atoms with E-state index in [1.807, 2.05) is 36.7 Å². The van der Waals surface area contributed by atoms with E-state index in [-0.39, 0.29) is 5.75 Å². The van der Waals surface area contributed by atoms with Crippen molar-refractivity contribution in [2.45, 2.75) is 17.7 Å². The van der Waals surface area contributed by atoms with Gasteiger partial charge in [-0.1, -0.05) is 24.3 Å². The second-order valence-electron chi connectivity index (χ2n) is 6.45. The van der Waals surface area contributed by atoms with Gasteiger partial charge in [-0.15, -0.1) is 0 Å². The Hall–Kier alpha value is -2.79. The van der Waals surface area contributed by atoms with Crippen molar-refractivity contribution in [1.82, 2.24) is 9.97 Å². The molecule has 2 N–H and O–H groups in total. The second-order valence-corrected chi connectivity index (χ2v) is 8.56. The number of rotatable bonds is 6. The van der Waals surface area contributed by atoms with E-state index in [9.17, 15) is 8.42 Å². The van der Waals surface area contributed by atoms with Crippen molar-refractivity contribution in [2.24, 2.45) is 0 Å². The summed E-state index contributed by atoms with van der Waals surface area (Å²) in [5, 5.41) is 1.15. The number of sulfone groups is 1. The Morgan fingerprint density at radius 1 is 0.885 bits per heavy atom. The van der Waals surface area contributed by atoms with Crippen LogP contribution >= 0.6 is 0 Å². The van der Waals surface area contributed by atoms with Gasteiger partial charge in [0.05, 0.1) is 10.6 Å². The fourth-order valence-corrected chi connectivity index (χ4v) is 4.52. The van der Waals surface area contributed by atoms with E-state index in [4.69, 9.17) is 0 Å². The average Bonchev–Trinajstić information content (AvgIpc) is 3.31. The molecular weight excluding hydrogens is 344 g/mol. The molecule has 0 spiro atoms. The van der Waals surface area contributed by atoms with Crippen LogP contribution in [0.4, 0.5) is 0 Å². The van der Waals surface area contributed by atoms with Crippen molar-refractivity contribution in [3.05, 3.63) is 89.9 Å². The maximum absolute atomic E-state index is 12.5. The van der Waals surface area contributed by atoms with Crippen molar-refractivity contribution >= 4 is 20.7 Å². The first-order valence-electron chi connectivity index (χ1n) is 8.61. The smallest absolute Gasteiger partial charge is 0.178 e. The normalized spacial score (nSPS) is 11.8. The van der Waals surface area contributed by atoms with Gasteiger partial charge < -0.3 is 9.97 Å². The fourth-order valence-electron chi connectivity index (χ4n) is 3.21. The number of aryl methyl sites for hydroxylation is 1. The Bertz CT molecular complexity index is 1110. The summed E-state index contributed by atoms with van der Waals surface area (Å²) >= 11 is 0.